The van der Waals surface area contributed by atoms with Crippen LogP contribution in [0.15, 0.2) is 24.8 Å². The number of carbonyl (C=O) groups excluding carboxylic acids is 1. The topological polar surface area (TPSA) is 46.3 Å². The normalized spacial score (nSPS) is 22.4. The van der Waals surface area contributed by atoms with Crippen molar-refractivity contribution in [1.29, 1.82) is 0 Å². The minimum Gasteiger partial charge on any atom is -0.334 e. The molecule has 2 atom stereocenters. The van der Waals surface area contributed by atoms with Gasteiger partial charge >= 0.3 is 0 Å². The van der Waals surface area contributed by atoms with E-state index in [0.29, 0.717) is 13.1 Å². The average molecular weight is 299 g/mol. The van der Waals surface area contributed by atoms with Gasteiger partial charge in [-0.3, -0.25) is 4.79 Å². The third-order valence-corrected chi connectivity index (χ3v) is 4.74. The Labute approximate surface area is 123 Å². The van der Waals surface area contributed by atoms with E-state index < -0.39 is 0 Å². The Balaban J connectivity index is 2.06. The van der Waals surface area contributed by atoms with E-state index >= 15 is 0 Å². The number of hydrogen-bond acceptors (Lipinski definition) is 3. The third kappa shape index (κ3) is 3.59. The molecular weight excluding hydrogens is 280 g/mol. The molecule has 2 N–H and O–H groups in total. The number of rotatable bonds is 5. The Kier molecular flexibility index (Phi) is 5.02. The van der Waals surface area contributed by atoms with Gasteiger partial charge in [-0.2, -0.15) is 0 Å². The first kappa shape index (κ1) is 14.6. The van der Waals surface area contributed by atoms with Crippen LogP contribution < -0.4 is 5.73 Å². The van der Waals surface area contributed by atoms with Crippen LogP contribution in [-0.4, -0.2) is 23.4 Å². The number of thiophene rings is 1. The molecule has 104 valence electrons. The van der Waals surface area contributed by atoms with E-state index in [1.165, 1.54) is 11.3 Å². The first-order valence-corrected chi connectivity index (χ1v) is 7.70. The molecule has 1 fully saturated rings. The van der Waals surface area contributed by atoms with Gasteiger partial charge in [-0.15, -0.1) is 17.9 Å². The molecule has 0 bridgehead atoms. The van der Waals surface area contributed by atoms with E-state index in [1.54, 1.807) is 6.08 Å². The summed E-state index contributed by atoms with van der Waals surface area (Å²) in [6.45, 7) is 4.87. The van der Waals surface area contributed by atoms with Crippen LogP contribution in [0.1, 0.15) is 24.1 Å². The summed E-state index contributed by atoms with van der Waals surface area (Å²) >= 11 is 7.43. The number of nitrogens with two attached hydrogens (primary N) is 1. The fraction of sp³-hybridized carbons (Fsp3) is 0.500. The Hall–Kier alpha value is -0.840. The Morgan fingerprint density at radius 1 is 1.58 bits per heavy atom. The van der Waals surface area contributed by atoms with Crippen molar-refractivity contribution in [1.82, 2.24) is 4.90 Å². The van der Waals surface area contributed by atoms with Crippen LogP contribution >= 0.6 is 22.9 Å². The smallest absolute Gasteiger partial charge is 0.227 e. The molecule has 1 aromatic heterocycles. The van der Waals surface area contributed by atoms with Gasteiger partial charge in [0, 0.05) is 17.5 Å². The SMILES string of the molecule is C=CCN(Cc1ccc(Cl)s1)C(=O)C1CCCC1N. The summed E-state index contributed by atoms with van der Waals surface area (Å²) in [5.74, 6) is 0.116. The maximum atomic E-state index is 12.5. The van der Waals surface area contributed by atoms with Gasteiger partial charge in [-0.1, -0.05) is 24.1 Å². The van der Waals surface area contributed by atoms with Crippen LogP contribution in [0.5, 0.6) is 0 Å². The van der Waals surface area contributed by atoms with Crippen molar-refractivity contribution in [2.75, 3.05) is 6.54 Å². The van der Waals surface area contributed by atoms with Gasteiger partial charge in [0.05, 0.1) is 16.8 Å². The molecule has 0 aliphatic heterocycles. The van der Waals surface area contributed by atoms with Gasteiger partial charge in [0.1, 0.15) is 0 Å². The molecular formula is C14H19ClN2OS. The molecule has 1 aromatic rings. The average Bonchev–Trinajstić information content (AvgIpc) is 2.97. The molecule has 19 heavy (non-hydrogen) atoms. The van der Waals surface area contributed by atoms with Crippen LogP contribution in [0.3, 0.4) is 0 Å². The highest BCUT2D eigenvalue weighted by Gasteiger charge is 2.33. The monoisotopic (exact) mass is 298 g/mol. The molecule has 1 heterocycles. The van der Waals surface area contributed by atoms with Crippen molar-refractivity contribution in [2.24, 2.45) is 11.7 Å². The van der Waals surface area contributed by atoms with Crippen molar-refractivity contribution in [2.45, 2.75) is 31.8 Å². The molecule has 1 amide bonds. The number of carbonyl (C=O) groups is 1. The predicted molar refractivity (Wildman–Crippen MR) is 80.3 cm³/mol. The molecule has 1 aliphatic carbocycles. The highest BCUT2D eigenvalue weighted by molar-refractivity contribution is 7.16. The van der Waals surface area contributed by atoms with Crippen molar-refractivity contribution >= 4 is 28.8 Å². The van der Waals surface area contributed by atoms with E-state index in [9.17, 15) is 4.79 Å². The van der Waals surface area contributed by atoms with Gasteiger partial charge in [0.15, 0.2) is 0 Å². The molecule has 2 rings (SSSR count). The predicted octanol–water partition coefficient (Wildman–Crippen LogP) is 3.04. The molecule has 0 radical (unpaired) electrons. The zero-order chi connectivity index (χ0) is 13.8. The van der Waals surface area contributed by atoms with E-state index in [2.05, 4.69) is 6.58 Å². The lowest BCUT2D eigenvalue weighted by Gasteiger charge is -2.25. The van der Waals surface area contributed by atoms with Gasteiger partial charge in [0.25, 0.3) is 0 Å². The number of nitrogens with zero attached hydrogens (tertiary/aromatic N) is 1. The van der Waals surface area contributed by atoms with Crippen LogP contribution in [0.25, 0.3) is 0 Å². The second-order valence-corrected chi connectivity index (χ2v) is 6.71. The summed E-state index contributed by atoms with van der Waals surface area (Å²) in [6.07, 6.45) is 4.65. The summed E-state index contributed by atoms with van der Waals surface area (Å²) in [4.78, 5) is 15.4. The maximum Gasteiger partial charge on any atom is 0.227 e. The van der Waals surface area contributed by atoms with Crippen LogP contribution in [-0.2, 0) is 11.3 Å². The fourth-order valence-electron chi connectivity index (χ4n) is 2.54. The molecule has 0 aromatic carbocycles. The number of hydrogen-bond donors (Lipinski definition) is 1. The Morgan fingerprint density at radius 2 is 2.37 bits per heavy atom. The van der Waals surface area contributed by atoms with E-state index in [-0.39, 0.29) is 17.9 Å². The maximum absolute atomic E-state index is 12.5. The molecule has 1 aliphatic rings. The minimum atomic E-state index is -0.0321. The van der Waals surface area contributed by atoms with Crippen LogP contribution in [0, 0.1) is 5.92 Å². The van der Waals surface area contributed by atoms with Gasteiger partial charge < -0.3 is 10.6 Å². The Bertz CT molecular complexity index is 460. The summed E-state index contributed by atoms with van der Waals surface area (Å²) in [6, 6.07) is 3.83. The lowest BCUT2D eigenvalue weighted by molar-refractivity contribution is -0.135. The molecule has 3 nitrogen and oxygen atoms in total. The fourth-order valence-corrected chi connectivity index (χ4v) is 3.65. The first-order chi connectivity index (χ1) is 9.11. The standard InChI is InChI=1S/C14H19ClN2OS/c1-2-8-17(9-10-6-7-13(15)19-10)14(18)11-4-3-5-12(11)16/h2,6-7,11-12H,1,3-5,8-9,16H2. The number of halogens is 1. The first-order valence-electron chi connectivity index (χ1n) is 6.51. The molecule has 0 spiro atoms. The summed E-state index contributed by atoms with van der Waals surface area (Å²) < 4.78 is 0.749. The second-order valence-electron chi connectivity index (χ2n) is 4.91. The van der Waals surface area contributed by atoms with E-state index in [1.807, 2.05) is 17.0 Å². The third-order valence-electron chi connectivity index (χ3n) is 3.52. The van der Waals surface area contributed by atoms with E-state index in [0.717, 1.165) is 28.5 Å². The zero-order valence-electron chi connectivity index (χ0n) is 10.8. The molecule has 2 unspecified atom stereocenters. The molecule has 5 heteroatoms. The lowest BCUT2D eigenvalue weighted by atomic mass is 10.0. The highest BCUT2D eigenvalue weighted by atomic mass is 35.5. The van der Waals surface area contributed by atoms with Crippen LogP contribution in [0.2, 0.25) is 4.34 Å². The van der Waals surface area contributed by atoms with E-state index in [4.69, 9.17) is 17.3 Å². The summed E-state index contributed by atoms with van der Waals surface area (Å²) in [7, 11) is 0. The van der Waals surface area contributed by atoms with Crippen molar-refractivity contribution < 1.29 is 4.79 Å². The molecule has 1 saturated carbocycles. The largest absolute Gasteiger partial charge is 0.334 e. The molecule has 0 saturated heterocycles. The van der Waals surface area contributed by atoms with Crippen molar-refractivity contribution in [3.63, 3.8) is 0 Å². The second kappa shape index (κ2) is 6.55. The van der Waals surface area contributed by atoms with Crippen molar-refractivity contribution in [3.05, 3.63) is 34.0 Å². The Morgan fingerprint density at radius 3 is 2.89 bits per heavy atom. The van der Waals surface area contributed by atoms with Gasteiger partial charge in [0.2, 0.25) is 5.91 Å². The van der Waals surface area contributed by atoms with Gasteiger partial charge in [-0.05, 0) is 25.0 Å². The van der Waals surface area contributed by atoms with Crippen LogP contribution in [0.4, 0.5) is 0 Å². The summed E-state index contributed by atoms with van der Waals surface area (Å²) in [5.41, 5.74) is 6.02. The highest BCUT2D eigenvalue weighted by Crippen LogP contribution is 2.28. The van der Waals surface area contributed by atoms with Gasteiger partial charge in [-0.25, -0.2) is 0 Å². The zero-order valence-corrected chi connectivity index (χ0v) is 12.4. The number of amides is 1. The minimum absolute atomic E-state index is 0.00624. The quantitative estimate of drug-likeness (QED) is 0.849. The summed E-state index contributed by atoms with van der Waals surface area (Å²) in [5, 5.41) is 0. The lowest BCUT2D eigenvalue weighted by Crippen LogP contribution is -2.41. The van der Waals surface area contributed by atoms with Crippen molar-refractivity contribution in [3.8, 4) is 0 Å².